The molecular formula is C25H24F3N5O. The van der Waals surface area contributed by atoms with Crippen molar-refractivity contribution in [1.29, 1.82) is 0 Å². The maximum atomic E-state index is 14.7. The lowest BCUT2D eigenvalue weighted by atomic mass is 10.0. The first-order valence-corrected chi connectivity index (χ1v) is 11.1. The summed E-state index contributed by atoms with van der Waals surface area (Å²) in [6, 6.07) is 13.3. The fourth-order valence-electron chi connectivity index (χ4n) is 4.37. The van der Waals surface area contributed by atoms with Crippen molar-refractivity contribution in [2.75, 3.05) is 41.3 Å². The van der Waals surface area contributed by atoms with E-state index in [1.54, 1.807) is 19.4 Å². The van der Waals surface area contributed by atoms with Crippen molar-refractivity contribution in [3.8, 4) is 0 Å². The van der Waals surface area contributed by atoms with Gasteiger partial charge in [0.15, 0.2) is 5.88 Å². The average Bonchev–Trinajstić information content (AvgIpc) is 3.39. The maximum Gasteiger partial charge on any atom is 0.266 e. The molecule has 0 aliphatic carbocycles. The number of fused-ring (bicyclic) bond motifs is 1. The number of halogens is 3. The highest BCUT2D eigenvalue weighted by atomic mass is 19.3. The first-order valence-electron chi connectivity index (χ1n) is 11.1. The Hall–Kier alpha value is -3.75. The zero-order chi connectivity index (χ0) is 23.7. The van der Waals surface area contributed by atoms with Gasteiger partial charge in [-0.1, -0.05) is 18.2 Å². The first-order chi connectivity index (χ1) is 16.5. The van der Waals surface area contributed by atoms with Gasteiger partial charge in [0.2, 0.25) is 0 Å². The molecule has 176 valence electrons. The Balaban J connectivity index is 1.38. The number of hydrogen-bond donors (Lipinski definition) is 1. The molecule has 9 heteroatoms. The highest BCUT2D eigenvalue weighted by molar-refractivity contribution is 5.93. The number of nitrogens with zero attached hydrogens (tertiary/aromatic N) is 4. The molecule has 0 spiro atoms. The second-order valence-corrected chi connectivity index (χ2v) is 8.30. The Morgan fingerprint density at radius 3 is 2.47 bits per heavy atom. The lowest BCUT2D eigenvalue weighted by Gasteiger charge is -2.36. The van der Waals surface area contributed by atoms with Gasteiger partial charge in [-0.25, -0.2) is 13.2 Å². The normalized spacial score (nSPS) is 15.2. The smallest absolute Gasteiger partial charge is 0.266 e. The van der Waals surface area contributed by atoms with Gasteiger partial charge in [-0.3, -0.25) is 0 Å². The summed E-state index contributed by atoms with van der Waals surface area (Å²) in [5.74, 6) is -0.0176. The number of piperazine rings is 1. The predicted molar refractivity (Wildman–Crippen MR) is 126 cm³/mol. The zero-order valence-electron chi connectivity index (χ0n) is 18.6. The SMILES string of the molecule is C[C@@H](Nc1cnnc2ccc(N3CCN(c4ccco4)CC3)cc12)c1cccc(C(F)F)c1F. The van der Waals surface area contributed by atoms with Crippen LogP contribution in [0.5, 0.6) is 0 Å². The van der Waals surface area contributed by atoms with Gasteiger partial charge in [0.05, 0.1) is 35.3 Å². The monoisotopic (exact) mass is 467 g/mol. The molecule has 1 fully saturated rings. The highest BCUT2D eigenvalue weighted by Gasteiger charge is 2.21. The summed E-state index contributed by atoms with van der Waals surface area (Å²) in [5.41, 5.74) is 1.97. The van der Waals surface area contributed by atoms with Gasteiger partial charge < -0.3 is 19.5 Å². The van der Waals surface area contributed by atoms with Crippen molar-refractivity contribution in [3.05, 3.63) is 77.9 Å². The van der Waals surface area contributed by atoms with E-state index in [-0.39, 0.29) is 5.56 Å². The van der Waals surface area contributed by atoms with E-state index < -0.39 is 23.8 Å². The van der Waals surface area contributed by atoms with Gasteiger partial charge in [0.1, 0.15) is 5.82 Å². The van der Waals surface area contributed by atoms with Crippen molar-refractivity contribution >= 4 is 28.2 Å². The second kappa shape index (κ2) is 9.24. The first kappa shape index (κ1) is 22.1. The third kappa shape index (κ3) is 4.25. The number of furan rings is 1. The Morgan fingerprint density at radius 2 is 1.74 bits per heavy atom. The van der Waals surface area contributed by atoms with Crippen LogP contribution in [-0.4, -0.2) is 36.4 Å². The molecule has 1 aliphatic heterocycles. The van der Waals surface area contributed by atoms with Gasteiger partial charge in [-0.15, -0.1) is 0 Å². The lowest BCUT2D eigenvalue weighted by Crippen LogP contribution is -2.46. The number of nitrogens with one attached hydrogen (secondary N) is 1. The van der Waals surface area contributed by atoms with Crippen molar-refractivity contribution in [2.24, 2.45) is 0 Å². The molecule has 0 radical (unpaired) electrons. The fraction of sp³-hybridized carbons (Fsp3) is 0.280. The average molecular weight is 467 g/mol. The maximum absolute atomic E-state index is 14.7. The van der Waals surface area contributed by atoms with E-state index in [1.165, 1.54) is 12.1 Å². The number of anilines is 3. The lowest BCUT2D eigenvalue weighted by molar-refractivity contribution is 0.146. The molecule has 0 saturated carbocycles. The van der Waals surface area contributed by atoms with Crippen LogP contribution in [0.25, 0.3) is 10.9 Å². The third-order valence-corrected chi connectivity index (χ3v) is 6.22. The molecule has 1 saturated heterocycles. The molecule has 3 heterocycles. The molecule has 0 unspecified atom stereocenters. The van der Waals surface area contributed by atoms with Crippen LogP contribution >= 0.6 is 0 Å². The Kier molecular flexibility index (Phi) is 6.00. The third-order valence-electron chi connectivity index (χ3n) is 6.22. The van der Waals surface area contributed by atoms with Crippen LogP contribution in [0.2, 0.25) is 0 Å². The van der Waals surface area contributed by atoms with Gasteiger partial charge >= 0.3 is 0 Å². The largest absolute Gasteiger partial charge is 0.449 e. The van der Waals surface area contributed by atoms with Crippen molar-refractivity contribution in [2.45, 2.75) is 19.4 Å². The van der Waals surface area contributed by atoms with E-state index in [0.29, 0.717) is 11.2 Å². The van der Waals surface area contributed by atoms with Crippen LogP contribution < -0.4 is 15.1 Å². The van der Waals surface area contributed by atoms with E-state index in [2.05, 4.69) is 25.3 Å². The Morgan fingerprint density at radius 1 is 0.971 bits per heavy atom. The molecule has 1 atom stereocenters. The van der Waals surface area contributed by atoms with Crippen molar-refractivity contribution in [1.82, 2.24) is 10.2 Å². The van der Waals surface area contributed by atoms with E-state index in [0.717, 1.165) is 49.2 Å². The molecule has 1 aliphatic rings. The summed E-state index contributed by atoms with van der Waals surface area (Å²) in [7, 11) is 0. The molecule has 5 rings (SSSR count). The summed E-state index contributed by atoms with van der Waals surface area (Å²) in [6.07, 6.45) is 0.384. The van der Waals surface area contributed by atoms with Gasteiger partial charge in [-0.05, 0) is 31.2 Å². The quantitative estimate of drug-likeness (QED) is 0.387. The number of alkyl halides is 2. The van der Waals surface area contributed by atoms with E-state index in [4.69, 9.17) is 4.42 Å². The molecule has 34 heavy (non-hydrogen) atoms. The van der Waals surface area contributed by atoms with Crippen LogP contribution in [0.4, 0.5) is 30.4 Å². The van der Waals surface area contributed by atoms with Gasteiger partial charge in [-0.2, -0.15) is 10.2 Å². The molecule has 0 amide bonds. The molecule has 6 nitrogen and oxygen atoms in total. The molecule has 4 aromatic rings. The molecule has 2 aromatic carbocycles. The summed E-state index contributed by atoms with van der Waals surface area (Å²) in [5, 5.41) is 12.3. The minimum absolute atomic E-state index is 0.174. The minimum atomic E-state index is -2.87. The molecule has 0 bridgehead atoms. The Bertz CT molecular complexity index is 1270. The Labute approximate surface area is 195 Å². The number of hydrogen-bond acceptors (Lipinski definition) is 6. The van der Waals surface area contributed by atoms with E-state index >= 15 is 0 Å². The van der Waals surface area contributed by atoms with Crippen LogP contribution in [0.1, 0.15) is 30.5 Å². The summed E-state index contributed by atoms with van der Waals surface area (Å²) >= 11 is 0. The molecule has 1 N–H and O–H groups in total. The van der Waals surface area contributed by atoms with Crippen LogP contribution in [-0.2, 0) is 0 Å². The molecular weight excluding hydrogens is 443 g/mol. The fourth-order valence-corrected chi connectivity index (χ4v) is 4.37. The number of benzene rings is 2. The zero-order valence-corrected chi connectivity index (χ0v) is 18.6. The van der Waals surface area contributed by atoms with Crippen LogP contribution in [0.15, 0.2) is 65.4 Å². The van der Waals surface area contributed by atoms with Crippen molar-refractivity contribution in [3.63, 3.8) is 0 Å². The topological polar surface area (TPSA) is 57.4 Å². The predicted octanol–water partition coefficient (Wildman–Crippen LogP) is 5.80. The van der Waals surface area contributed by atoms with Crippen molar-refractivity contribution < 1.29 is 17.6 Å². The van der Waals surface area contributed by atoms with Crippen LogP contribution in [0.3, 0.4) is 0 Å². The van der Waals surface area contributed by atoms with Crippen LogP contribution in [0, 0.1) is 5.82 Å². The summed E-state index contributed by atoms with van der Waals surface area (Å²) in [6.45, 7) is 5.06. The van der Waals surface area contributed by atoms with E-state index in [9.17, 15) is 13.2 Å². The number of rotatable bonds is 6. The van der Waals surface area contributed by atoms with E-state index in [1.807, 2.05) is 30.3 Å². The highest BCUT2D eigenvalue weighted by Crippen LogP contribution is 2.32. The van der Waals surface area contributed by atoms with Gasteiger partial charge in [0, 0.05) is 48.9 Å². The molecule has 2 aromatic heterocycles. The standard InChI is InChI=1S/C25H24F3N5O/c1-16(18-4-2-5-19(24(18)26)25(27)28)30-22-15-29-31-21-8-7-17(14-20(21)22)32-9-11-33(12-10-32)23-6-3-13-34-23/h2-8,13-16,25H,9-12H2,1H3,(H,30,31)/t16-/m1/s1. The second-order valence-electron chi connectivity index (χ2n) is 8.30. The number of aromatic nitrogens is 2. The summed E-state index contributed by atoms with van der Waals surface area (Å²) < 4.78 is 46.5. The minimum Gasteiger partial charge on any atom is -0.449 e. The summed E-state index contributed by atoms with van der Waals surface area (Å²) in [4.78, 5) is 4.50. The van der Waals surface area contributed by atoms with Gasteiger partial charge in [0.25, 0.3) is 6.43 Å².